The molecule has 4 N–H and O–H groups in total. The van der Waals surface area contributed by atoms with Gasteiger partial charge in [0.15, 0.2) is 0 Å². The molecule has 1 aromatic rings. The maximum Gasteiger partial charge on any atom is 0.240 e. The Morgan fingerprint density at radius 1 is 1.35 bits per heavy atom. The third-order valence-electron chi connectivity index (χ3n) is 2.74. The summed E-state index contributed by atoms with van der Waals surface area (Å²) in [4.78, 5) is 23.1. The van der Waals surface area contributed by atoms with Gasteiger partial charge in [0.05, 0.1) is 19.2 Å². The number of hydrogen-bond donors (Lipinski definition) is 3. The number of para-hydroxylation sites is 2. The molecule has 0 bridgehead atoms. The molecule has 2 amide bonds. The van der Waals surface area contributed by atoms with Crippen molar-refractivity contribution in [3.63, 3.8) is 0 Å². The molecule has 1 unspecified atom stereocenters. The Kier molecular flexibility index (Phi) is 6.36. The summed E-state index contributed by atoms with van der Waals surface area (Å²) in [6.07, 6.45) is 0.834. The lowest BCUT2D eigenvalue weighted by atomic mass is 10.1. The van der Waals surface area contributed by atoms with E-state index in [0.717, 1.165) is 6.42 Å². The number of nitrogens with one attached hydrogen (secondary N) is 2. The first-order chi connectivity index (χ1) is 9.58. The first-order valence-corrected chi connectivity index (χ1v) is 6.54. The minimum Gasteiger partial charge on any atom is -0.495 e. The maximum absolute atomic E-state index is 11.7. The minimum absolute atomic E-state index is 0.00657. The van der Waals surface area contributed by atoms with Gasteiger partial charge in [-0.05, 0) is 18.6 Å². The number of hydrogen-bond acceptors (Lipinski definition) is 4. The summed E-state index contributed by atoms with van der Waals surface area (Å²) in [5.74, 6) is -0.201. The van der Waals surface area contributed by atoms with Gasteiger partial charge in [-0.25, -0.2) is 0 Å². The second-order valence-corrected chi connectivity index (χ2v) is 4.35. The number of nitrogens with two attached hydrogens (primary N) is 1. The van der Waals surface area contributed by atoms with Crippen LogP contribution in [0.5, 0.6) is 5.75 Å². The van der Waals surface area contributed by atoms with E-state index in [2.05, 4.69) is 10.6 Å². The van der Waals surface area contributed by atoms with Crippen molar-refractivity contribution in [3.05, 3.63) is 24.3 Å². The van der Waals surface area contributed by atoms with Gasteiger partial charge in [-0.3, -0.25) is 9.59 Å². The molecule has 1 rings (SSSR count). The first kappa shape index (κ1) is 15.8. The molecule has 1 atom stereocenters. The van der Waals surface area contributed by atoms with Crippen LogP contribution in [-0.4, -0.2) is 31.5 Å². The van der Waals surface area contributed by atoms with Crippen molar-refractivity contribution in [1.82, 2.24) is 5.32 Å². The summed E-state index contributed by atoms with van der Waals surface area (Å²) >= 11 is 0. The molecule has 0 aliphatic rings. The molecular formula is C14H21N3O3. The Morgan fingerprint density at radius 2 is 2.05 bits per heavy atom. The molecule has 0 radical (unpaired) electrons. The number of benzene rings is 1. The molecule has 0 spiro atoms. The predicted octanol–water partition coefficient (Wildman–Crippen LogP) is 0.877. The molecule has 0 aliphatic carbocycles. The number of amides is 2. The summed E-state index contributed by atoms with van der Waals surface area (Å²) in [6, 6.07) is 6.37. The molecule has 1 aromatic carbocycles. The SMILES string of the molecule is CCCNC(=O)CC(Nc1ccccc1OC)C(N)=O. The van der Waals surface area contributed by atoms with Crippen LogP contribution in [0.2, 0.25) is 0 Å². The van der Waals surface area contributed by atoms with Gasteiger partial charge in [0.25, 0.3) is 0 Å². The van der Waals surface area contributed by atoms with E-state index < -0.39 is 11.9 Å². The number of methoxy groups -OCH3 is 1. The van der Waals surface area contributed by atoms with Gasteiger partial charge in [-0.2, -0.15) is 0 Å². The van der Waals surface area contributed by atoms with Crippen LogP contribution in [0.1, 0.15) is 19.8 Å². The molecule has 0 saturated heterocycles. The van der Waals surface area contributed by atoms with Crippen LogP contribution in [0, 0.1) is 0 Å². The molecule has 0 fully saturated rings. The minimum atomic E-state index is -0.775. The average molecular weight is 279 g/mol. The molecule has 0 saturated carbocycles. The van der Waals surface area contributed by atoms with Gasteiger partial charge in [0.2, 0.25) is 11.8 Å². The Hall–Kier alpha value is -2.24. The highest BCUT2D eigenvalue weighted by molar-refractivity contribution is 5.89. The number of ether oxygens (including phenoxy) is 1. The zero-order valence-corrected chi connectivity index (χ0v) is 11.8. The molecule has 6 heteroatoms. The largest absolute Gasteiger partial charge is 0.495 e. The lowest BCUT2D eigenvalue weighted by Gasteiger charge is -2.18. The second-order valence-electron chi connectivity index (χ2n) is 4.35. The lowest BCUT2D eigenvalue weighted by Crippen LogP contribution is -2.40. The third kappa shape index (κ3) is 4.79. The van der Waals surface area contributed by atoms with Crippen LogP contribution in [0.4, 0.5) is 5.69 Å². The van der Waals surface area contributed by atoms with Crippen molar-refractivity contribution in [3.8, 4) is 5.75 Å². The highest BCUT2D eigenvalue weighted by Crippen LogP contribution is 2.24. The summed E-state index contributed by atoms with van der Waals surface area (Å²) in [6.45, 7) is 2.54. The van der Waals surface area contributed by atoms with Crippen LogP contribution in [0.25, 0.3) is 0 Å². The predicted molar refractivity (Wildman–Crippen MR) is 77.5 cm³/mol. The van der Waals surface area contributed by atoms with Crippen molar-refractivity contribution < 1.29 is 14.3 Å². The fourth-order valence-electron chi connectivity index (χ4n) is 1.70. The van der Waals surface area contributed by atoms with E-state index >= 15 is 0 Å². The van der Waals surface area contributed by atoms with Crippen LogP contribution in [0.3, 0.4) is 0 Å². The third-order valence-corrected chi connectivity index (χ3v) is 2.74. The number of anilines is 1. The molecule has 110 valence electrons. The van der Waals surface area contributed by atoms with Gasteiger partial charge >= 0.3 is 0 Å². The van der Waals surface area contributed by atoms with Crippen LogP contribution in [0.15, 0.2) is 24.3 Å². The summed E-state index contributed by atoms with van der Waals surface area (Å²) in [7, 11) is 1.54. The van der Waals surface area contributed by atoms with Gasteiger partial charge in [0.1, 0.15) is 11.8 Å². The van der Waals surface area contributed by atoms with Crippen molar-refractivity contribution in [2.24, 2.45) is 5.73 Å². The molecular weight excluding hydrogens is 258 g/mol. The van der Waals surface area contributed by atoms with Gasteiger partial charge < -0.3 is 21.1 Å². The molecule has 6 nitrogen and oxygen atoms in total. The number of carbonyl (C=O) groups excluding carboxylic acids is 2. The van der Waals surface area contributed by atoms with Crippen molar-refractivity contribution >= 4 is 17.5 Å². The van der Waals surface area contributed by atoms with Crippen molar-refractivity contribution in [1.29, 1.82) is 0 Å². The van der Waals surface area contributed by atoms with E-state index in [0.29, 0.717) is 18.0 Å². The molecule has 0 aliphatic heterocycles. The Labute approximate surface area is 118 Å². The molecule has 20 heavy (non-hydrogen) atoms. The first-order valence-electron chi connectivity index (χ1n) is 6.54. The molecule has 0 aromatic heterocycles. The zero-order valence-electron chi connectivity index (χ0n) is 11.8. The average Bonchev–Trinajstić information content (AvgIpc) is 2.44. The van der Waals surface area contributed by atoms with E-state index in [1.54, 1.807) is 18.2 Å². The van der Waals surface area contributed by atoms with E-state index in [1.165, 1.54) is 7.11 Å². The van der Waals surface area contributed by atoms with Crippen molar-refractivity contribution in [2.45, 2.75) is 25.8 Å². The van der Waals surface area contributed by atoms with Crippen LogP contribution < -0.4 is 21.1 Å². The highest BCUT2D eigenvalue weighted by atomic mass is 16.5. The van der Waals surface area contributed by atoms with Gasteiger partial charge in [-0.15, -0.1) is 0 Å². The number of rotatable bonds is 8. The summed E-state index contributed by atoms with van der Waals surface area (Å²) in [5.41, 5.74) is 5.96. The normalized spacial score (nSPS) is 11.5. The second kappa shape index (κ2) is 8.04. The Morgan fingerprint density at radius 3 is 2.65 bits per heavy atom. The van der Waals surface area contributed by atoms with E-state index in [1.807, 2.05) is 13.0 Å². The van der Waals surface area contributed by atoms with E-state index in [-0.39, 0.29) is 12.3 Å². The van der Waals surface area contributed by atoms with Gasteiger partial charge in [-0.1, -0.05) is 19.1 Å². The van der Waals surface area contributed by atoms with Gasteiger partial charge in [0, 0.05) is 6.54 Å². The Bertz CT molecular complexity index is 463. The molecule has 0 heterocycles. The number of primary amides is 1. The monoisotopic (exact) mass is 279 g/mol. The van der Waals surface area contributed by atoms with Crippen molar-refractivity contribution in [2.75, 3.05) is 19.0 Å². The van der Waals surface area contributed by atoms with Crippen LogP contribution in [-0.2, 0) is 9.59 Å². The highest BCUT2D eigenvalue weighted by Gasteiger charge is 2.20. The summed E-state index contributed by atoms with van der Waals surface area (Å²) in [5, 5.41) is 5.66. The zero-order chi connectivity index (χ0) is 15.0. The maximum atomic E-state index is 11.7. The quantitative estimate of drug-likeness (QED) is 0.658. The fourth-order valence-corrected chi connectivity index (χ4v) is 1.70. The van der Waals surface area contributed by atoms with E-state index in [4.69, 9.17) is 10.5 Å². The van der Waals surface area contributed by atoms with Crippen LogP contribution >= 0.6 is 0 Å². The Balaban J connectivity index is 2.72. The smallest absolute Gasteiger partial charge is 0.240 e. The standard InChI is InChI=1S/C14H21N3O3/c1-3-8-16-13(18)9-11(14(15)19)17-10-6-4-5-7-12(10)20-2/h4-7,11,17H,3,8-9H2,1-2H3,(H2,15,19)(H,16,18). The number of carbonyl (C=O) groups is 2. The lowest BCUT2D eigenvalue weighted by molar-refractivity contribution is -0.125. The topological polar surface area (TPSA) is 93.4 Å². The van der Waals surface area contributed by atoms with E-state index in [9.17, 15) is 9.59 Å². The fraction of sp³-hybridized carbons (Fsp3) is 0.429. The summed E-state index contributed by atoms with van der Waals surface area (Å²) < 4.78 is 5.18.